The van der Waals surface area contributed by atoms with E-state index in [1.807, 2.05) is 0 Å². The Bertz CT molecular complexity index is 871. The second-order valence-corrected chi connectivity index (χ2v) is 7.53. The van der Waals surface area contributed by atoms with E-state index < -0.39 is 0 Å². The van der Waals surface area contributed by atoms with Crippen LogP contribution in [0, 0.1) is 6.92 Å². The maximum absolute atomic E-state index is 6.19. The van der Waals surface area contributed by atoms with Crippen LogP contribution in [0.2, 0.25) is 0 Å². The first-order chi connectivity index (χ1) is 13.8. The van der Waals surface area contributed by atoms with E-state index in [9.17, 15) is 0 Å². The Kier molecular flexibility index (Phi) is 7.93. The zero-order valence-corrected chi connectivity index (χ0v) is 17.3. The van der Waals surface area contributed by atoms with Gasteiger partial charge in [-0.15, -0.1) is 0 Å². The van der Waals surface area contributed by atoms with Gasteiger partial charge in [-0.2, -0.15) is 0 Å². The number of aryl methyl sites for hydroxylation is 1. The largest absolute Gasteiger partial charge is 0.493 e. The van der Waals surface area contributed by atoms with Gasteiger partial charge in [0.1, 0.15) is 5.75 Å². The number of nitrogens with one attached hydrogen (secondary N) is 1. The first kappa shape index (κ1) is 20.4. The first-order valence-electron chi connectivity index (χ1n) is 10.7. The van der Waals surface area contributed by atoms with E-state index >= 15 is 0 Å². The van der Waals surface area contributed by atoms with Crippen molar-refractivity contribution in [3.63, 3.8) is 0 Å². The molecule has 0 aliphatic heterocycles. The monoisotopic (exact) mass is 375 g/mol. The summed E-state index contributed by atoms with van der Waals surface area (Å²) in [5, 5.41) is 6.20. The van der Waals surface area contributed by atoms with Gasteiger partial charge in [-0.1, -0.05) is 80.8 Å². The third-order valence-corrected chi connectivity index (χ3v) is 5.39. The van der Waals surface area contributed by atoms with Gasteiger partial charge in [0.25, 0.3) is 0 Å². The highest BCUT2D eigenvalue weighted by Crippen LogP contribution is 2.28. The lowest BCUT2D eigenvalue weighted by Crippen LogP contribution is -2.18. The molecular formula is C26H33NO. The summed E-state index contributed by atoms with van der Waals surface area (Å²) >= 11 is 0. The van der Waals surface area contributed by atoms with Gasteiger partial charge < -0.3 is 10.1 Å². The molecular weight excluding hydrogens is 342 g/mol. The molecule has 0 fully saturated rings. The zero-order valence-electron chi connectivity index (χ0n) is 17.3. The van der Waals surface area contributed by atoms with E-state index in [2.05, 4.69) is 79.8 Å². The Morgan fingerprint density at radius 3 is 2.54 bits per heavy atom. The normalized spacial score (nSPS) is 11.1. The molecule has 0 heterocycles. The van der Waals surface area contributed by atoms with Crippen molar-refractivity contribution < 1.29 is 4.74 Å². The van der Waals surface area contributed by atoms with Crippen LogP contribution in [0.15, 0.2) is 60.7 Å². The van der Waals surface area contributed by atoms with Crippen LogP contribution < -0.4 is 10.1 Å². The van der Waals surface area contributed by atoms with E-state index in [1.54, 1.807) is 0 Å². The van der Waals surface area contributed by atoms with Crippen molar-refractivity contribution in [3.8, 4) is 5.75 Å². The Morgan fingerprint density at radius 1 is 0.857 bits per heavy atom. The van der Waals surface area contributed by atoms with Crippen molar-refractivity contribution in [1.82, 2.24) is 5.32 Å². The lowest BCUT2D eigenvalue weighted by atomic mass is 10.0. The van der Waals surface area contributed by atoms with Gasteiger partial charge in [-0.3, -0.25) is 0 Å². The smallest absolute Gasteiger partial charge is 0.124 e. The molecule has 2 heteroatoms. The van der Waals surface area contributed by atoms with E-state index in [0.29, 0.717) is 0 Å². The van der Waals surface area contributed by atoms with Crippen LogP contribution in [0.5, 0.6) is 5.75 Å². The maximum atomic E-state index is 6.19. The minimum absolute atomic E-state index is 0.800. The third kappa shape index (κ3) is 5.59. The number of unbranched alkanes of at least 4 members (excludes halogenated alkanes) is 3. The topological polar surface area (TPSA) is 21.3 Å². The molecule has 0 unspecified atom stereocenters. The average Bonchev–Trinajstić information content (AvgIpc) is 2.73. The third-order valence-electron chi connectivity index (χ3n) is 5.39. The number of ether oxygens (including phenoxy) is 1. The predicted molar refractivity (Wildman–Crippen MR) is 120 cm³/mol. The Labute approximate surface area is 169 Å². The van der Waals surface area contributed by atoms with Crippen LogP contribution in [0.3, 0.4) is 0 Å². The van der Waals surface area contributed by atoms with Gasteiger partial charge in [0.15, 0.2) is 0 Å². The number of rotatable bonds is 11. The minimum atomic E-state index is 0.800. The summed E-state index contributed by atoms with van der Waals surface area (Å²) in [5.74, 6) is 1.03. The van der Waals surface area contributed by atoms with Crippen LogP contribution in [0.4, 0.5) is 0 Å². The molecule has 3 aromatic carbocycles. The second kappa shape index (κ2) is 10.9. The Balaban J connectivity index is 1.65. The van der Waals surface area contributed by atoms with Gasteiger partial charge >= 0.3 is 0 Å². The molecule has 0 aliphatic carbocycles. The minimum Gasteiger partial charge on any atom is -0.493 e. The summed E-state index contributed by atoms with van der Waals surface area (Å²) in [4.78, 5) is 0. The van der Waals surface area contributed by atoms with Crippen molar-refractivity contribution in [2.24, 2.45) is 0 Å². The van der Waals surface area contributed by atoms with Crippen LogP contribution in [0.1, 0.15) is 49.3 Å². The molecule has 2 nitrogen and oxygen atoms in total. The fraction of sp³-hybridized carbons (Fsp3) is 0.385. The molecule has 0 radical (unpaired) electrons. The summed E-state index contributed by atoms with van der Waals surface area (Å²) in [5.41, 5.74) is 4.06. The molecule has 0 saturated heterocycles. The van der Waals surface area contributed by atoms with Crippen molar-refractivity contribution >= 4 is 10.8 Å². The standard InChI is InChI=1S/C26H33NO/c1-3-4-5-10-19-28-26-16-15-23-13-8-9-14-24(23)25(26)20-27-18-17-22-12-7-6-11-21(22)2/h6-9,11-16,27H,3-5,10,17-20H2,1-2H3. The maximum Gasteiger partial charge on any atom is 0.124 e. The van der Waals surface area contributed by atoms with E-state index in [-0.39, 0.29) is 0 Å². The zero-order chi connectivity index (χ0) is 19.6. The van der Waals surface area contributed by atoms with Crippen molar-refractivity contribution in [3.05, 3.63) is 77.4 Å². The van der Waals surface area contributed by atoms with Crippen LogP contribution in [0.25, 0.3) is 10.8 Å². The van der Waals surface area contributed by atoms with E-state index in [1.165, 1.54) is 46.7 Å². The SMILES string of the molecule is CCCCCCOc1ccc2ccccc2c1CNCCc1ccccc1C. The van der Waals surface area contributed by atoms with Crippen molar-refractivity contribution in [2.75, 3.05) is 13.2 Å². The quantitative estimate of drug-likeness (QED) is 0.389. The number of fused-ring (bicyclic) bond motifs is 1. The second-order valence-electron chi connectivity index (χ2n) is 7.53. The highest BCUT2D eigenvalue weighted by Gasteiger charge is 2.09. The number of hydrogen-bond donors (Lipinski definition) is 1. The molecule has 0 aromatic heterocycles. The van der Waals surface area contributed by atoms with Crippen molar-refractivity contribution in [1.29, 1.82) is 0 Å². The van der Waals surface area contributed by atoms with Gasteiger partial charge in [-0.05, 0) is 54.3 Å². The Hall–Kier alpha value is -2.32. The lowest BCUT2D eigenvalue weighted by molar-refractivity contribution is 0.302. The van der Waals surface area contributed by atoms with Gasteiger partial charge in [0.05, 0.1) is 6.61 Å². The lowest BCUT2D eigenvalue weighted by Gasteiger charge is -2.15. The van der Waals surface area contributed by atoms with Gasteiger partial charge in [0, 0.05) is 12.1 Å². The molecule has 0 saturated carbocycles. The van der Waals surface area contributed by atoms with Crippen molar-refractivity contribution in [2.45, 2.75) is 52.5 Å². The predicted octanol–water partition coefficient (Wildman–Crippen LogP) is 6.44. The average molecular weight is 376 g/mol. The fourth-order valence-corrected chi connectivity index (χ4v) is 3.67. The van der Waals surface area contributed by atoms with Gasteiger partial charge in [0.2, 0.25) is 0 Å². The summed E-state index contributed by atoms with van der Waals surface area (Å²) in [7, 11) is 0. The molecule has 3 rings (SSSR count). The number of hydrogen-bond acceptors (Lipinski definition) is 2. The molecule has 3 aromatic rings. The number of benzene rings is 3. The summed E-state index contributed by atoms with van der Waals surface area (Å²) in [6.07, 6.45) is 5.96. The summed E-state index contributed by atoms with van der Waals surface area (Å²) < 4.78 is 6.19. The molecule has 1 N–H and O–H groups in total. The molecule has 0 spiro atoms. The first-order valence-corrected chi connectivity index (χ1v) is 10.7. The molecule has 0 bridgehead atoms. The highest BCUT2D eigenvalue weighted by molar-refractivity contribution is 5.87. The summed E-state index contributed by atoms with van der Waals surface area (Å²) in [6, 6.07) is 21.5. The fourth-order valence-electron chi connectivity index (χ4n) is 3.67. The Morgan fingerprint density at radius 2 is 1.68 bits per heavy atom. The molecule has 0 amide bonds. The molecule has 0 aliphatic rings. The van der Waals surface area contributed by atoms with Gasteiger partial charge in [-0.25, -0.2) is 0 Å². The van der Waals surface area contributed by atoms with Crippen LogP contribution in [-0.2, 0) is 13.0 Å². The summed E-state index contributed by atoms with van der Waals surface area (Å²) in [6.45, 7) is 7.02. The van der Waals surface area contributed by atoms with Crippen LogP contribution >= 0.6 is 0 Å². The van der Waals surface area contributed by atoms with E-state index in [4.69, 9.17) is 4.74 Å². The highest BCUT2D eigenvalue weighted by atomic mass is 16.5. The molecule has 0 atom stereocenters. The molecule has 148 valence electrons. The van der Waals surface area contributed by atoms with E-state index in [0.717, 1.165) is 38.3 Å². The molecule has 28 heavy (non-hydrogen) atoms. The van der Waals surface area contributed by atoms with Crippen LogP contribution in [-0.4, -0.2) is 13.2 Å².